The van der Waals surface area contributed by atoms with Crippen molar-refractivity contribution in [3.8, 4) is 0 Å². The van der Waals surface area contributed by atoms with Crippen molar-refractivity contribution in [2.45, 2.75) is 110 Å². The highest BCUT2D eigenvalue weighted by Crippen LogP contribution is 2.49. The fourth-order valence-corrected chi connectivity index (χ4v) is 12.9. The van der Waals surface area contributed by atoms with Gasteiger partial charge in [0.05, 0.1) is 28.0 Å². The molecular weight excluding hydrogens is 948 g/mol. The first-order valence-corrected chi connectivity index (χ1v) is 26.7. The molecule has 3 N–H and O–H groups in total. The molecule has 74 heavy (non-hydrogen) atoms. The number of rotatable bonds is 10. The molecule has 0 bridgehead atoms. The maximum absolute atomic E-state index is 16.2. The maximum atomic E-state index is 16.2. The van der Waals surface area contributed by atoms with Crippen LogP contribution in [-0.2, 0) is 10.2 Å². The SMILES string of the molecule is CNc1cc(=O)n(C2=CC(C)NC3=C2C=C([C@H](C)N2CC=C(c4c(C)cc(C(=O)N5CCC(CN6CCN(c7cc8c(cc7F)N(C7CCC[N+](=O)C7=O)C(O)C8(C)C)CC6)CC5)cc4F)CC2)C(C)C3)cc1F. The Bertz CT molecular complexity index is 2940. The molecule has 7 aliphatic rings. The number of nitrogens with one attached hydrogen (secondary N) is 2. The number of piperidine rings is 2. The largest absolute Gasteiger partial charge is 0.455 e. The molecule has 0 radical (unpaired) electrons. The van der Waals surface area contributed by atoms with Crippen LogP contribution in [0.5, 0.6) is 0 Å². The molecule has 3 saturated heterocycles. The molecule has 10 rings (SSSR count). The molecule has 2 amide bonds. The normalized spacial score (nSPS) is 25.3. The van der Waals surface area contributed by atoms with Gasteiger partial charge in [-0.05, 0) is 117 Å². The predicted octanol–water partition coefficient (Wildman–Crippen LogP) is 7.40. The number of hydrogen-bond acceptors (Lipinski definition) is 11. The van der Waals surface area contributed by atoms with Crippen molar-refractivity contribution in [2.24, 2.45) is 11.8 Å². The van der Waals surface area contributed by atoms with Gasteiger partial charge in [-0.3, -0.25) is 24.0 Å². The van der Waals surface area contributed by atoms with Crippen molar-refractivity contribution in [1.82, 2.24) is 24.6 Å². The topological polar surface area (TPSA) is 137 Å². The van der Waals surface area contributed by atoms with Gasteiger partial charge in [-0.1, -0.05) is 32.9 Å². The highest BCUT2D eigenvalue weighted by Gasteiger charge is 2.52. The molecule has 1 aliphatic carbocycles. The molecular formula is C57H71F3N9O5+. The number of aliphatic hydroxyl groups excluding tert-OH is 1. The quantitative estimate of drug-likeness (QED) is 0.175. The summed E-state index contributed by atoms with van der Waals surface area (Å²) < 4.78 is 49.0. The molecule has 5 atom stereocenters. The van der Waals surface area contributed by atoms with Crippen LogP contribution in [0.2, 0.25) is 0 Å². The van der Waals surface area contributed by atoms with Crippen LogP contribution in [0.3, 0.4) is 0 Å². The van der Waals surface area contributed by atoms with Gasteiger partial charge in [0.2, 0.25) is 6.54 Å². The lowest BCUT2D eigenvalue weighted by Gasteiger charge is -2.40. The zero-order valence-corrected chi connectivity index (χ0v) is 43.8. The van der Waals surface area contributed by atoms with E-state index in [2.05, 4.69) is 46.4 Å². The number of pyridine rings is 1. The average molecular weight is 1020 g/mol. The Balaban J connectivity index is 0.730. The van der Waals surface area contributed by atoms with E-state index in [9.17, 15) is 28.8 Å². The molecule has 394 valence electrons. The summed E-state index contributed by atoms with van der Waals surface area (Å²) in [6, 6.07) is 6.95. The zero-order valence-electron chi connectivity index (χ0n) is 43.8. The van der Waals surface area contributed by atoms with Crippen LogP contribution in [0.25, 0.3) is 11.3 Å². The number of hydrogen-bond donors (Lipinski definition) is 3. The van der Waals surface area contributed by atoms with Crippen LogP contribution in [0, 0.1) is 41.1 Å². The molecule has 1 aromatic heterocycles. The van der Waals surface area contributed by atoms with Gasteiger partial charge in [0.1, 0.15) is 17.9 Å². The van der Waals surface area contributed by atoms with E-state index in [1.807, 2.05) is 55.7 Å². The first-order valence-electron chi connectivity index (χ1n) is 26.7. The van der Waals surface area contributed by atoms with Gasteiger partial charge in [-0.15, -0.1) is 0 Å². The first-order chi connectivity index (χ1) is 35.3. The van der Waals surface area contributed by atoms with Gasteiger partial charge in [0, 0.05) is 129 Å². The van der Waals surface area contributed by atoms with Gasteiger partial charge in [0.15, 0.2) is 11.9 Å². The summed E-state index contributed by atoms with van der Waals surface area (Å²) in [6.45, 7) is 18.3. The minimum atomic E-state index is -1.08. The number of nitrogens with zero attached hydrogens (tertiary/aromatic N) is 7. The molecule has 4 unspecified atom stereocenters. The van der Waals surface area contributed by atoms with Crippen LogP contribution in [0.4, 0.5) is 30.2 Å². The monoisotopic (exact) mass is 1020 g/mol. The van der Waals surface area contributed by atoms with E-state index in [1.54, 1.807) is 11.9 Å². The van der Waals surface area contributed by atoms with Crippen LogP contribution >= 0.6 is 0 Å². The number of fused-ring (bicyclic) bond motifs is 1. The van der Waals surface area contributed by atoms with Crippen molar-refractivity contribution < 1.29 is 32.6 Å². The van der Waals surface area contributed by atoms with Crippen molar-refractivity contribution in [3.05, 3.63) is 127 Å². The lowest BCUT2D eigenvalue weighted by atomic mass is 9.81. The van der Waals surface area contributed by atoms with Crippen LogP contribution in [0.1, 0.15) is 100 Å². The number of carbonyl (C=O) groups is 2. The number of halogens is 3. The number of amides is 2. The second-order valence-corrected chi connectivity index (χ2v) is 22.4. The summed E-state index contributed by atoms with van der Waals surface area (Å²) in [5.41, 5.74) is 7.15. The third-order valence-electron chi connectivity index (χ3n) is 17.2. The summed E-state index contributed by atoms with van der Waals surface area (Å²) >= 11 is 0. The highest BCUT2D eigenvalue weighted by molar-refractivity contribution is 5.95. The summed E-state index contributed by atoms with van der Waals surface area (Å²) in [5, 5.41) is 17.8. The second-order valence-electron chi connectivity index (χ2n) is 22.4. The fraction of sp³-hybridized carbons (Fsp3) is 0.526. The van der Waals surface area contributed by atoms with E-state index in [0.717, 1.165) is 66.9 Å². The van der Waals surface area contributed by atoms with Gasteiger partial charge >= 0.3 is 5.91 Å². The van der Waals surface area contributed by atoms with Crippen LogP contribution < -0.4 is 26.0 Å². The Morgan fingerprint density at radius 3 is 2.38 bits per heavy atom. The summed E-state index contributed by atoms with van der Waals surface area (Å²) in [6.07, 6.45) is 10.4. The lowest BCUT2D eigenvalue weighted by molar-refractivity contribution is -0.477. The Morgan fingerprint density at radius 2 is 1.69 bits per heavy atom. The number of allylic oxidation sites excluding steroid dienone is 4. The van der Waals surface area contributed by atoms with E-state index in [-0.39, 0.29) is 47.5 Å². The molecule has 7 heterocycles. The third kappa shape index (κ3) is 9.41. The van der Waals surface area contributed by atoms with Crippen LogP contribution in [0.15, 0.2) is 76.4 Å². The molecule has 0 saturated carbocycles. The minimum absolute atomic E-state index is 0.0353. The maximum Gasteiger partial charge on any atom is 0.455 e. The molecule has 3 aromatic rings. The predicted molar refractivity (Wildman–Crippen MR) is 282 cm³/mol. The summed E-state index contributed by atoms with van der Waals surface area (Å²) in [5.74, 6) is -1.46. The van der Waals surface area contributed by atoms with Crippen molar-refractivity contribution >= 4 is 40.1 Å². The lowest BCUT2D eigenvalue weighted by Crippen LogP contribution is -2.54. The third-order valence-corrected chi connectivity index (χ3v) is 17.2. The fourth-order valence-electron chi connectivity index (χ4n) is 12.9. The zero-order chi connectivity index (χ0) is 52.5. The van der Waals surface area contributed by atoms with Crippen molar-refractivity contribution in [3.63, 3.8) is 0 Å². The van der Waals surface area contributed by atoms with Gasteiger partial charge in [-0.25, -0.2) is 18.0 Å². The molecule has 17 heteroatoms. The van der Waals surface area contributed by atoms with E-state index in [4.69, 9.17) is 0 Å². The number of dihydropyridines is 1. The number of likely N-dealkylation sites (tertiary alicyclic amines) is 1. The average Bonchev–Trinajstić information content (AvgIpc) is 3.57. The van der Waals surface area contributed by atoms with Gasteiger partial charge < -0.3 is 30.4 Å². The second kappa shape index (κ2) is 20.2. The first kappa shape index (κ1) is 51.4. The smallest absolute Gasteiger partial charge is 0.386 e. The van der Waals surface area contributed by atoms with E-state index in [1.165, 1.54) is 34.5 Å². The van der Waals surface area contributed by atoms with Crippen LogP contribution in [-0.4, -0.2) is 138 Å². The number of aryl methyl sites for hydroxylation is 1. The standard InChI is InChI=1S/C57H70F3N9O5/c1-33-24-46-41(49(25-35(3)62-46)67-32-45(60)47(61-7)30-52(67)70)27-40(33)36(4)64-17-12-38(13-18-64)53-34(2)23-39(26-44(53)59)54(71)66-15-10-37(11-16-66)31-63-19-21-65(22-20-63)51-28-42-50(29-43(51)58)69(56(73)57(42,5)6)48-9-8-14-68(74)55(48)72/h12,23,25-30,32-33,35-37,48,56,62,73H,8-11,13-22,24,31H2,1-7H3/p+1/t33?,35?,36-,48?,56?/m0/s1. The number of piperazine rings is 1. The van der Waals surface area contributed by atoms with E-state index >= 15 is 8.78 Å². The Hall–Kier alpha value is -6.04. The van der Waals surface area contributed by atoms with Gasteiger partial charge in [0.25, 0.3) is 11.5 Å². The number of carbonyl (C=O) groups excluding carboxylic acids is 2. The number of aromatic nitrogens is 1. The van der Waals surface area contributed by atoms with Crippen molar-refractivity contribution in [1.29, 1.82) is 0 Å². The minimum Gasteiger partial charge on any atom is -0.386 e. The number of nitroso groups, excluding NO2 is 1. The number of benzene rings is 2. The molecule has 0 spiro atoms. The number of anilines is 3. The molecule has 2 aromatic carbocycles. The number of aliphatic hydroxyl groups is 1. The Kier molecular flexibility index (Phi) is 14.1. The Morgan fingerprint density at radius 1 is 0.946 bits per heavy atom. The van der Waals surface area contributed by atoms with E-state index < -0.39 is 35.2 Å². The van der Waals surface area contributed by atoms with E-state index in [0.29, 0.717) is 97.4 Å². The highest BCUT2D eigenvalue weighted by atomic mass is 19.1. The summed E-state index contributed by atoms with van der Waals surface area (Å²) in [4.78, 5) is 62.5. The Labute approximate surface area is 431 Å². The molecule has 6 aliphatic heterocycles. The van der Waals surface area contributed by atoms with Crippen molar-refractivity contribution in [2.75, 3.05) is 87.6 Å². The molecule has 3 fully saturated rings. The molecule has 14 nitrogen and oxygen atoms in total. The van der Waals surface area contributed by atoms with Gasteiger partial charge in [-0.2, -0.15) is 0 Å². The summed E-state index contributed by atoms with van der Waals surface area (Å²) in [7, 11) is 1.59.